The minimum absolute atomic E-state index is 0.0309. The van der Waals surface area contributed by atoms with Crippen molar-refractivity contribution in [3.8, 4) is 0 Å². The molecule has 0 aliphatic carbocycles. The molecule has 1 aliphatic rings. The van der Waals surface area contributed by atoms with E-state index < -0.39 is 29.1 Å². The molecule has 9 nitrogen and oxygen atoms in total. The quantitative estimate of drug-likeness (QED) is 0.613. The first kappa shape index (κ1) is 21.6. The zero-order valence-electron chi connectivity index (χ0n) is 15.4. The van der Waals surface area contributed by atoms with Crippen LogP contribution in [0, 0.1) is 0 Å². The molecule has 1 aliphatic heterocycles. The van der Waals surface area contributed by atoms with Crippen molar-refractivity contribution in [3.63, 3.8) is 0 Å². The fourth-order valence-electron chi connectivity index (χ4n) is 2.72. The van der Waals surface area contributed by atoms with Crippen molar-refractivity contribution in [1.29, 1.82) is 0 Å². The van der Waals surface area contributed by atoms with Crippen LogP contribution in [0.25, 0.3) is 0 Å². The SMILES string of the molecule is CC(C)(C)OC(=O)NCCC(=O)N1NCCC[C@]1(C(=O)O)c1nc(Br)cs1. The summed E-state index contributed by atoms with van der Waals surface area (Å²) in [5.74, 6) is -1.59. The van der Waals surface area contributed by atoms with Gasteiger partial charge in [0.05, 0.1) is 0 Å². The van der Waals surface area contributed by atoms with Crippen molar-refractivity contribution < 1.29 is 24.2 Å². The summed E-state index contributed by atoms with van der Waals surface area (Å²) in [4.78, 5) is 40.8. The van der Waals surface area contributed by atoms with Gasteiger partial charge in [-0.1, -0.05) is 0 Å². The van der Waals surface area contributed by atoms with Gasteiger partial charge in [0.25, 0.3) is 0 Å². The number of nitrogens with zero attached hydrogens (tertiary/aromatic N) is 2. The number of carboxylic acids is 1. The summed E-state index contributed by atoms with van der Waals surface area (Å²) < 4.78 is 5.64. The number of carbonyl (C=O) groups excluding carboxylic acids is 2. The summed E-state index contributed by atoms with van der Waals surface area (Å²) in [6.07, 6.45) is 0.132. The molecule has 1 fully saturated rings. The van der Waals surface area contributed by atoms with Gasteiger partial charge in [-0.2, -0.15) is 0 Å². The first-order valence-electron chi connectivity index (χ1n) is 8.44. The molecule has 0 radical (unpaired) electrons. The van der Waals surface area contributed by atoms with E-state index in [-0.39, 0.29) is 19.4 Å². The largest absolute Gasteiger partial charge is 0.479 e. The third-order valence-electron chi connectivity index (χ3n) is 3.81. The highest BCUT2D eigenvalue weighted by molar-refractivity contribution is 9.10. The molecule has 11 heteroatoms. The Morgan fingerprint density at radius 2 is 2.19 bits per heavy atom. The molecule has 1 aromatic heterocycles. The molecule has 2 heterocycles. The molecule has 0 bridgehead atoms. The number of thiazole rings is 1. The maximum atomic E-state index is 12.7. The van der Waals surface area contributed by atoms with Crippen LogP contribution in [-0.2, 0) is 19.9 Å². The molecule has 2 rings (SSSR count). The highest BCUT2D eigenvalue weighted by Gasteiger charge is 2.52. The Balaban J connectivity index is 2.10. The van der Waals surface area contributed by atoms with Gasteiger partial charge in [0.1, 0.15) is 15.2 Å². The Hall–Kier alpha value is -1.72. The molecule has 1 saturated heterocycles. The third-order valence-corrected chi connectivity index (χ3v) is 5.51. The van der Waals surface area contributed by atoms with Crippen molar-refractivity contribution in [1.82, 2.24) is 20.7 Å². The zero-order chi connectivity index (χ0) is 20.2. The minimum atomic E-state index is -1.57. The second-order valence-corrected chi connectivity index (χ2v) is 8.73. The normalized spacial score (nSPS) is 20.2. The van der Waals surface area contributed by atoms with Gasteiger partial charge in [-0.3, -0.25) is 9.80 Å². The molecular weight excluding hydrogens is 440 g/mol. The number of hydrogen-bond donors (Lipinski definition) is 3. The topological polar surface area (TPSA) is 121 Å². The van der Waals surface area contributed by atoms with Crippen LogP contribution in [0.4, 0.5) is 4.79 Å². The van der Waals surface area contributed by atoms with Gasteiger partial charge in [-0.25, -0.2) is 20.0 Å². The van der Waals surface area contributed by atoms with E-state index in [0.29, 0.717) is 22.6 Å². The lowest BCUT2D eigenvalue weighted by molar-refractivity contribution is -0.169. The molecular formula is C16H23BrN4O5S. The number of ether oxygens (including phenoxy) is 1. The average molecular weight is 463 g/mol. The van der Waals surface area contributed by atoms with Crippen LogP contribution in [0.2, 0.25) is 0 Å². The van der Waals surface area contributed by atoms with Crippen molar-refractivity contribution in [2.75, 3.05) is 13.1 Å². The van der Waals surface area contributed by atoms with Crippen LogP contribution in [0.3, 0.4) is 0 Å². The first-order valence-corrected chi connectivity index (χ1v) is 10.1. The second kappa shape index (κ2) is 8.53. The fraction of sp³-hybridized carbons (Fsp3) is 0.625. The number of hydrogen-bond acceptors (Lipinski definition) is 7. The molecule has 0 unspecified atom stereocenters. The molecule has 1 atom stereocenters. The fourth-order valence-corrected chi connectivity index (χ4v) is 4.18. The lowest BCUT2D eigenvalue weighted by Gasteiger charge is -2.42. The van der Waals surface area contributed by atoms with Gasteiger partial charge in [0.2, 0.25) is 11.4 Å². The van der Waals surface area contributed by atoms with Crippen LogP contribution in [-0.4, -0.2) is 51.8 Å². The van der Waals surface area contributed by atoms with Crippen LogP contribution in [0.5, 0.6) is 0 Å². The lowest BCUT2D eigenvalue weighted by atomic mass is 9.91. The summed E-state index contributed by atoms with van der Waals surface area (Å²) in [6.45, 7) is 5.73. The Morgan fingerprint density at radius 3 is 2.74 bits per heavy atom. The average Bonchev–Trinajstić information content (AvgIpc) is 2.99. The molecule has 0 saturated carbocycles. The number of hydrazine groups is 1. The van der Waals surface area contributed by atoms with Crippen LogP contribution >= 0.6 is 27.3 Å². The van der Waals surface area contributed by atoms with Crippen molar-refractivity contribution in [2.45, 2.75) is 51.2 Å². The Bertz CT molecular complexity index is 720. The number of rotatable bonds is 5. The summed E-state index contributed by atoms with van der Waals surface area (Å²) >= 11 is 4.41. The number of aliphatic carboxylic acids is 1. The van der Waals surface area contributed by atoms with Crippen molar-refractivity contribution >= 4 is 45.2 Å². The smallest absolute Gasteiger partial charge is 0.407 e. The molecule has 1 aromatic rings. The molecule has 2 amide bonds. The monoisotopic (exact) mass is 462 g/mol. The second-order valence-electron chi connectivity index (χ2n) is 7.06. The van der Waals surface area contributed by atoms with Gasteiger partial charge in [0.15, 0.2) is 0 Å². The third kappa shape index (κ3) is 5.17. The number of aromatic nitrogens is 1. The highest BCUT2D eigenvalue weighted by atomic mass is 79.9. The van der Waals surface area contributed by atoms with E-state index >= 15 is 0 Å². The van der Waals surface area contributed by atoms with Gasteiger partial charge in [0, 0.05) is 24.9 Å². The number of carbonyl (C=O) groups is 3. The van der Waals surface area contributed by atoms with E-state index in [1.54, 1.807) is 26.2 Å². The van der Waals surface area contributed by atoms with E-state index in [0.717, 1.165) is 5.01 Å². The number of alkyl carbamates (subject to hydrolysis) is 1. The van der Waals surface area contributed by atoms with Crippen LogP contribution in [0.1, 0.15) is 45.0 Å². The Morgan fingerprint density at radius 1 is 1.48 bits per heavy atom. The highest BCUT2D eigenvalue weighted by Crippen LogP contribution is 2.38. The summed E-state index contributed by atoms with van der Waals surface area (Å²) in [5, 5.41) is 15.6. The van der Waals surface area contributed by atoms with Crippen molar-refractivity contribution in [2.24, 2.45) is 0 Å². The van der Waals surface area contributed by atoms with E-state index in [4.69, 9.17) is 4.74 Å². The summed E-state index contributed by atoms with van der Waals surface area (Å²) in [7, 11) is 0. The van der Waals surface area contributed by atoms with Crippen LogP contribution < -0.4 is 10.7 Å². The zero-order valence-corrected chi connectivity index (χ0v) is 17.8. The summed E-state index contributed by atoms with van der Waals surface area (Å²) in [6, 6.07) is 0. The number of carboxylic acid groups (broad SMARTS) is 1. The maximum Gasteiger partial charge on any atom is 0.407 e. The maximum absolute atomic E-state index is 12.7. The lowest BCUT2D eigenvalue weighted by Crippen LogP contribution is -2.63. The summed E-state index contributed by atoms with van der Waals surface area (Å²) in [5.41, 5.74) is 0.674. The predicted molar refractivity (Wildman–Crippen MR) is 102 cm³/mol. The van der Waals surface area contributed by atoms with E-state index in [9.17, 15) is 19.5 Å². The van der Waals surface area contributed by atoms with Crippen LogP contribution in [0.15, 0.2) is 9.98 Å². The van der Waals surface area contributed by atoms with Gasteiger partial charge >= 0.3 is 12.1 Å². The number of halogens is 1. The molecule has 27 heavy (non-hydrogen) atoms. The van der Waals surface area contributed by atoms with E-state index in [2.05, 4.69) is 31.7 Å². The van der Waals surface area contributed by atoms with Gasteiger partial charge in [-0.15, -0.1) is 11.3 Å². The first-order chi connectivity index (χ1) is 12.6. The van der Waals surface area contributed by atoms with E-state index in [1.807, 2.05) is 0 Å². The predicted octanol–water partition coefficient (Wildman–Crippen LogP) is 2.23. The molecule has 0 spiro atoms. The van der Waals surface area contributed by atoms with E-state index in [1.165, 1.54) is 11.3 Å². The van der Waals surface area contributed by atoms with Gasteiger partial charge in [-0.05, 0) is 49.5 Å². The standard InChI is InChI=1S/C16H23BrN4O5S/c1-15(2,3)26-14(25)18-8-5-11(22)21-16(13(23)24,6-4-7-19-21)12-20-10(17)9-27-12/h9,19H,4-8H2,1-3H3,(H,18,25)(H,23,24)/t16-/m1/s1. The number of amides is 2. The Kier molecular flexibility index (Phi) is 6.82. The molecule has 3 N–H and O–H groups in total. The Labute approximate surface area is 169 Å². The number of nitrogens with one attached hydrogen (secondary N) is 2. The molecule has 0 aromatic carbocycles. The minimum Gasteiger partial charge on any atom is -0.479 e. The van der Waals surface area contributed by atoms with Crippen molar-refractivity contribution in [3.05, 3.63) is 15.0 Å². The van der Waals surface area contributed by atoms with Gasteiger partial charge < -0.3 is 15.2 Å². The molecule has 150 valence electrons.